The molecule has 4 rings (SSSR count). The number of aromatic amines is 2. The molecule has 3 aromatic rings. The highest BCUT2D eigenvalue weighted by atomic mass is 19.1. The number of hydroxylamine groups is 2. The van der Waals surface area contributed by atoms with Crippen molar-refractivity contribution < 1.29 is 23.6 Å². The Morgan fingerprint density at radius 1 is 1.20 bits per heavy atom. The summed E-state index contributed by atoms with van der Waals surface area (Å²) >= 11 is 0. The van der Waals surface area contributed by atoms with Gasteiger partial charge >= 0.3 is 5.97 Å². The number of carbonyl (C=O) groups excluding carboxylic acids is 3. The third kappa shape index (κ3) is 3.52. The van der Waals surface area contributed by atoms with E-state index in [0.717, 1.165) is 0 Å². The smallest absolute Gasteiger partial charge is 0.366 e. The molecule has 0 bridgehead atoms. The van der Waals surface area contributed by atoms with Crippen molar-refractivity contribution in [3.63, 3.8) is 0 Å². The van der Waals surface area contributed by atoms with Crippen LogP contribution < -0.4 is 11.3 Å². The molecule has 1 fully saturated rings. The first-order valence-corrected chi connectivity index (χ1v) is 9.05. The Morgan fingerprint density at radius 2 is 1.93 bits per heavy atom. The van der Waals surface area contributed by atoms with Crippen LogP contribution in [0.4, 0.5) is 10.3 Å². The normalized spacial score (nSPS) is 14.0. The number of nitrogens with two attached hydrogens (primary N) is 1. The first-order chi connectivity index (χ1) is 14.3. The highest BCUT2D eigenvalue weighted by Crippen LogP contribution is 2.19. The summed E-state index contributed by atoms with van der Waals surface area (Å²) in [4.78, 5) is 61.3. The molecule has 154 valence electrons. The van der Waals surface area contributed by atoms with Crippen LogP contribution >= 0.6 is 0 Å². The van der Waals surface area contributed by atoms with Crippen LogP contribution in [0.5, 0.6) is 0 Å². The predicted octanol–water partition coefficient (Wildman–Crippen LogP) is 0.978. The monoisotopic (exact) mass is 413 g/mol. The molecule has 30 heavy (non-hydrogen) atoms. The van der Waals surface area contributed by atoms with E-state index in [-0.39, 0.29) is 24.3 Å². The zero-order chi connectivity index (χ0) is 21.4. The number of nitrogens with one attached hydrogen (secondary N) is 2. The Bertz CT molecular complexity index is 1230. The van der Waals surface area contributed by atoms with Gasteiger partial charge in [-0.1, -0.05) is 6.07 Å². The largest absolute Gasteiger partial charge is 0.369 e. The summed E-state index contributed by atoms with van der Waals surface area (Å²) in [5.41, 5.74) is 6.38. The van der Waals surface area contributed by atoms with Crippen LogP contribution in [-0.2, 0) is 27.3 Å². The van der Waals surface area contributed by atoms with E-state index in [1.165, 1.54) is 18.2 Å². The van der Waals surface area contributed by atoms with Crippen LogP contribution in [0.1, 0.15) is 34.3 Å². The van der Waals surface area contributed by atoms with Crippen molar-refractivity contribution in [2.24, 2.45) is 0 Å². The first-order valence-electron chi connectivity index (χ1n) is 9.05. The predicted molar refractivity (Wildman–Crippen MR) is 101 cm³/mol. The minimum Gasteiger partial charge on any atom is -0.369 e. The fourth-order valence-corrected chi connectivity index (χ4v) is 3.27. The summed E-state index contributed by atoms with van der Waals surface area (Å²) in [5.74, 6) is -3.26. The number of aryl methyl sites for hydroxylation is 2. The number of nitrogen functional groups attached to an aromatic ring is 1. The molecule has 4 N–H and O–H groups in total. The lowest BCUT2D eigenvalue weighted by Gasteiger charge is -2.13. The van der Waals surface area contributed by atoms with E-state index in [4.69, 9.17) is 10.6 Å². The number of imide groups is 1. The Labute approximate surface area is 167 Å². The molecule has 2 amide bonds. The van der Waals surface area contributed by atoms with Gasteiger partial charge in [-0.3, -0.25) is 19.4 Å². The summed E-state index contributed by atoms with van der Waals surface area (Å²) in [6.07, 6.45) is 2.33. The number of H-pyrrole nitrogens is 2. The van der Waals surface area contributed by atoms with E-state index in [1.807, 2.05) is 0 Å². The van der Waals surface area contributed by atoms with Crippen LogP contribution in [0, 0.1) is 5.82 Å². The average molecular weight is 413 g/mol. The molecule has 10 nitrogen and oxygen atoms in total. The molecular weight excluding hydrogens is 397 g/mol. The number of benzene rings is 1. The summed E-state index contributed by atoms with van der Waals surface area (Å²) in [6, 6.07) is 3.92. The average Bonchev–Trinajstić information content (AvgIpc) is 3.24. The van der Waals surface area contributed by atoms with Crippen LogP contribution in [-0.4, -0.2) is 37.8 Å². The molecule has 0 atom stereocenters. The number of amides is 2. The molecule has 0 aliphatic carbocycles. The van der Waals surface area contributed by atoms with Gasteiger partial charge in [-0.25, -0.2) is 9.18 Å². The SMILES string of the molecule is Nc1nc2[nH]cc(CCc3ccc(C(=O)ON4C(=O)CCC4=O)c(F)c3)c2c(=O)[nH]1. The molecule has 0 spiro atoms. The minimum atomic E-state index is -1.13. The van der Waals surface area contributed by atoms with E-state index in [9.17, 15) is 23.6 Å². The van der Waals surface area contributed by atoms with E-state index >= 15 is 0 Å². The van der Waals surface area contributed by atoms with Crippen LogP contribution in [0.15, 0.2) is 29.2 Å². The lowest BCUT2D eigenvalue weighted by Crippen LogP contribution is -2.32. The molecule has 1 aromatic carbocycles. The van der Waals surface area contributed by atoms with Gasteiger partial charge in [0.1, 0.15) is 11.5 Å². The number of halogens is 1. The first kappa shape index (κ1) is 19.3. The van der Waals surface area contributed by atoms with Gasteiger partial charge in [0.2, 0.25) is 5.95 Å². The number of hydrogen-bond acceptors (Lipinski definition) is 7. The fraction of sp³-hybridized carbons (Fsp3) is 0.211. The van der Waals surface area contributed by atoms with Crippen molar-refractivity contribution >= 4 is 34.8 Å². The maximum Gasteiger partial charge on any atom is 0.366 e. The van der Waals surface area contributed by atoms with Gasteiger partial charge < -0.3 is 15.6 Å². The summed E-state index contributed by atoms with van der Waals surface area (Å²) < 4.78 is 14.4. The van der Waals surface area contributed by atoms with Crippen LogP contribution in [0.2, 0.25) is 0 Å². The van der Waals surface area contributed by atoms with E-state index in [2.05, 4.69) is 15.0 Å². The molecule has 2 aromatic heterocycles. The highest BCUT2D eigenvalue weighted by Gasteiger charge is 2.33. The highest BCUT2D eigenvalue weighted by molar-refractivity contribution is 6.02. The molecule has 1 aliphatic heterocycles. The minimum absolute atomic E-state index is 0.00257. The number of aromatic nitrogens is 3. The summed E-state index contributed by atoms with van der Waals surface area (Å²) in [6.45, 7) is 0. The van der Waals surface area contributed by atoms with Gasteiger partial charge in [-0.15, -0.1) is 5.06 Å². The number of carbonyl (C=O) groups is 3. The summed E-state index contributed by atoms with van der Waals surface area (Å²) in [5, 5.41) is 0.746. The number of rotatable bonds is 5. The number of fused-ring (bicyclic) bond motifs is 1. The molecular formula is C19H16FN5O5. The quantitative estimate of drug-likeness (QED) is 0.527. The van der Waals surface area contributed by atoms with Crippen LogP contribution in [0.25, 0.3) is 11.0 Å². The molecule has 0 unspecified atom stereocenters. The molecule has 0 saturated carbocycles. The van der Waals surface area contributed by atoms with Crippen LogP contribution in [0.3, 0.4) is 0 Å². The van der Waals surface area contributed by atoms with Gasteiger partial charge in [0.25, 0.3) is 17.4 Å². The number of nitrogens with zero attached hydrogens (tertiary/aromatic N) is 2. The van der Waals surface area contributed by atoms with Crippen molar-refractivity contribution in [2.75, 3.05) is 5.73 Å². The van der Waals surface area contributed by atoms with E-state index in [0.29, 0.717) is 40.1 Å². The third-order valence-electron chi connectivity index (χ3n) is 4.76. The summed E-state index contributed by atoms with van der Waals surface area (Å²) in [7, 11) is 0. The van der Waals surface area contributed by atoms with E-state index in [1.54, 1.807) is 6.20 Å². The van der Waals surface area contributed by atoms with Gasteiger partial charge in [0.05, 0.1) is 10.9 Å². The van der Waals surface area contributed by atoms with Gasteiger partial charge in [0.15, 0.2) is 0 Å². The zero-order valence-electron chi connectivity index (χ0n) is 15.5. The fourth-order valence-electron chi connectivity index (χ4n) is 3.27. The van der Waals surface area contributed by atoms with Gasteiger partial charge in [0, 0.05) is 19.0 Å². The Morgan fingerprint density at radius 3 is 2.63 bits per heavy atom. The Kier molecular flexibility index (Phi) is 4.78. The van der Waals surface area contributed by atoms with Crippen molar-refractivity contribution in [3.05, 3.63) is 57.3 Å². The van der Waals surface area contributed by atoms with Crippen molar-refractivity contribution in [2.45, 2.75) is 25.7 Å². The lowest BCUT2D eigenvalue weighted by atomic mass is 10.0. The van der Waals surface area contributed by atoms with Gasteiger partial charge in [-0.2, -0.15) is 4.98 Å². The molecule has 0 radical (unpaired) electrons. The number of hydrogen-bond donors (Lipinski definition) is 3. The van der Waals surface area contributed by atoms with Crippen molar-refractivity contribution in [1.82, 2.24) is 20.0 Å². The maximum absolute atomic E-state index is 14.4. The zero-order valence-corrected chi connectivity index (χ0v) is 15.5. The molecule has 11 heteroatoms. The maximum atomic E-state index is 14.4. The Balaban J connectivity index is 1.47. The molecule has 1 saturated heterocycles. The third-order valence-corrected chi connectivity index (χ3v) is 4.76. The van der Waals surface area contributed by atoms with Crippen molar-refractivity contribution in [3.8, 4) is 0 Å². The number of anilines is 1. The molecule has 3 heterocycles. The van der Waals surface area contributed by atoms with Gasteiger partial charge in [-0.05, 0) is 36.1 Å². The second-order valence-electron chi connectivity index (χ2n) is 6.76. The van der Waals surface area contributed by atoms with E-state index < -0.39 is 29.2 Å². The topological polar surface area (TPSA) is 151 Å². The second-order valence-corrected chi connectivity index (χ2v) is 6.76. The molecule has 1 aliphatic rings. The lowest BCUT2D eigenvalue weighted by molar-refractivity contribution is -0.172. The second kappa shape index (κ2) is 7.43. The standard InChI is InChI=1S/C19H16FN5O5/c20-12-7-9(1-3-10-8-22-16-15(10)17(28)24-19(21)23-16)2-4-11(12)18(29)30-25-13(26)5-6-14(25)27/h2,4,7-8H,1,3,5-6H2,(H4,21,22,23,24,28). The Hall–Kier alpha value is -4.02. The van der Waals surface area contributed by atoms with Crippen molar-refractivity contribution in [1.29, 1.82) is 0 Å².